The van der Waals surface area contributed by atoms with Crippen LogP contribution >= 0.6 is 0 Å². The molecule has 0 radical (unpaired) electrons. The summed E-state index contributed by atoms with van der Waals surface area (Å²) in [6.45, 7) is 10.1. The minimum Gasteiger partial charge on any atom is -0.494 e. The number of aromatic amines is 1. The lowest BCUT2D eigenvalue weighted by molar-refractivity contribution is -0.122. The standard InChI is InChI=1S/C26H37N3O8/c1-13(2)21(22(31)20-14(3)23(32)29-24(20)33)28-19(30)12-16(27-25(34)37-26(4,5)6)15-9-10-17(35-7)18(11-15)36-8/h9-11,13,16,21,29,32-33H,12H2,1-8H3,(H,27,34)(H,28,30)/t16?,21-/m0/s1. The molecule has 204 valence electrons. The van der Waals surface area contributed by atoms with Crippen molar-refractivity contribution in [2.75, 3.05) is 14.2 Å². The normalized spacial score (nSPS) is 13.0. The van der Waals surface area contributed by atoms with E-state index in [1.54, 1.807) is 52.8 Å². The van der Waals surface area contributed by atoms with E-state index in [9.17, 15) is 24.6 Å². The predicted molar refractivity (Wildman–Crippen MR) is 136 cm³/mol. The Morgan fingerprint density at radius 1 is 1.00 bits per heavy atom. The summed E-state index contributed by atoms with van der Waals surface area (Å²) < 4.78 is 16.0. The van der Waals surface area contributed by atoms with Gasteiger partial charge in [-0.2, -0.15) is 0 Å². The summed E-state index contributed by atoms with van der Waals surface area (Å²) in [5.41, 5.74) is -0.127. The smallest absolute Gasteiger partial charge is 0.408 e. The van der Waals surface area contributed by atoms with Crippen molar-refractivity contribution in [3.63, 3.8) is 0 Å². The van der Waals surface area contributed by atoms with Gasteiger partial charge < -0.3 is 35.1 Å². The van der Waals surface area contributed by atoms with Gasteiger partial charge in [-0.05, 0) is 51.3 Å². The molecule has 0 aliphatic heterocycles. The summed E-state index contributed by atoms with van der Waals surface area (Å²) in [6.07, 6.45) is -0.950. The molecule has 5 N–H and O–H groups in total. The highest BCUT2D eigenvalue weighted by Crippen LogP contribution is 2.32. The third-order valence-electron chi connectivity index (χ3n) is 5.61. The van der Waals surface area contributed by atoms with Gasteiger partial charge in [-0.3, -0.25) is 14.6 Å². The van der Waals surface area contributed by atoms with E-state index in [4.69, 9.17) is 14.2 Å². The molecule has 2 amide bonds. The third-order valence-corrected chi connectivity index (χ3v) is 5.61. The molecule has 1 unspecified atom stereocenters. The van der Waals surface area contributed by atoms with Crippen LogP contribution in [0.2, 0.25) is 0 Å². The molecule has 1 aromatic heterocycles. The lowest BCUT2D eigenvalue weighted by Crippen LogP contribution is -2.46. The van der Waals surface area contributed by atoms with Crippen molar-refractivity contribution in [2.45, 2.75) is 65.6 Å². The Labute approximate surface area is 216 Å². The summed E-state index contributed by atoms with van der Waals surface area (Å²) in [4.78, 5) is 41.2. The first-order chi connectivity index (χ1) is 17.2. The maximum atomic E-state index is 13.2. The van der Waals surface area contributed by atoms with Crippen LogP contribution in [-0.2, 0) is 9.53 Å². The molecule has 37 heavy (non-hydrogen) atoms. The maximum absolute atomic E-state index is 13.2. The second-order valence-corrected chi connectivity index (χ2v) is 9.99. The molecule has 11 nitrogen and oxygen atoms in total. The number of aromatic nitrogens is 1. The monoisotopic (exact) mass is 519 g/mol. The second-order valence-electron chi connectivity index (χ2n) is 9.99. The Bertz CT molecular complexity index is 1130. The van der Waals surface area contributed by atoms with Gasteiger partial charge in [0.1, 0.15) is 5.60 Å². The first-order valence-electron chi connectivity index (χ1n) is 11.8. The van der Waals surface area contributed by atoms with Crippen LogP contribution in [0.15, 0.2) is 18.2 Å². The van der Waals surface area contributed by atoms with Crippen molar-refractivity contribution < 1.29 is 38.8 Å². The van der Waals surface area contributed by atoms with Crippen molar-refractivity contribution in [3.05, 3.63) is 34.9 Å². The van der Waals surface area contributed by atoms with Crippen molar-refractivity contribution in [1.29, 1.82) is 0 Å². The predicted octanol–water partition coefficient (Wildman–Crippen LogP) is 3.73. The number of methoxy groups -OCH3 is 2. The average molecular weight is 520 g/mol. The summed E-state index contributed by atoms with van der Waals surface area (Å²) in [6, 6.07) is 3.15. The van der Waals surface area contributed by atoms with Crippen LogP contribution in [0.25, 0.3) is 0 Å². The highest BCUT2D eigenvalue weighted by Gasteiger charge is 2.32. The number of aromatic hydroxyl groups is 2. The Morgan fingerprint density at radius 2 is 1.62 bits per heavy atom. The minimum absolute atomic E-state index is 0.0974. The fourth-order valence-electron chi connectivity index (χ4n) is 3.75. The Balaban J connectivity index is 2.33. The first-order valence-corrected chi connectivity index (χ1v) is 11.8. The fourth-order valence-corrected chi connectivity index (χ4v) is 3.75. The van der Waals surface area contributed by atoms with E-state index in [0.717, 1.165) is 0 Å². The number of ether oxygens (including phenoxy) is 3. The number of carbonyl (C=O) groups excluding carboxylic acids is 3. The molecule has 2 aromatic rings. The highest BCUT2D eigenvalue weighted by atomic mass is 16.6. The van der Waals surface area contributed by atoms with E-state index < -0.39 is 41.3 Å². The molecular formula is C26H37N3O8. The van der Waals surface area contributed by atoms with Crippen molar-refractivity contribution >= 4 is 17.8 Å². The number of amides is 2. The van der Waals surface area contributed by atoms with Crippen LogP contribution < -0.4 is 20.1 Å². The molecular weight excluding hydrogens is 482 g/mol. The quantitative estimate of drug-likeness (QED) is 0.297. The van der Waals surface area contributed by atoms with Gasteiger partial charge in [0.05, 0.1) is 38.3 Å². The topological polar surface area (TPSA) is 159 Å². The molecule has 0 spiro atoms. The van der Waals surface area contributed by atoms with E-state index in [2.05, 4.69) is 15.6 Å². The molecule has 1 heterocycles. The molecule has 2 atom stereocenters. The number of Topliss-reactive ketones (excluding diaryl/α,β-unsaturated/α-hetero) is 1. The summed E-state index contributed by atoms with van der Waals surface area (Å²) in [5.74, 6) is -1.35. The second kappa shape index (κ2) is 11.9. The van der Waals surface area contributed by atoms with Crippen LogP contribution in [0.3, 0.4) is 0 Å². The van der Waals surface area contributed by atoms with Crippen molar-refractivity contribution in [2.24, 2.45) is 5.92 Å². The highest BCUT2D eigenvalue weighted by molar-refractivity contribution is 6.05. The van der Waals surface area contributed by atoms with Gasteiger partial charge in [0.25, 0.3) is 0 Å². The van der Waals surface area contributed by atoms with Gasteiger partial charge in [0.15, 0.2) is 23.2 Å². The molecule has 0 saturated carbocycles. The van der Waals surface area contributed by atoms with Crippen LogP contribution in [0.5, 0.6) is 23.3 Å². The number of benzene rings is 1. The number of ketones is 1. The molecule has 0 saturated heterocycles. The van der Waals surface area contributed by atoms with E-state index >= 15 is 0 Å². The number of nitrogens with one attached hydrogen (secondary N) is 3. The van der Waals surface area contributed by atoms with Gasteiger partial charge >= 0.3 is 6.09 Å². The molecule has 2 rings (SSSR count). The van der Waals surface area contributed by atoms with Crippen LogP contribution in [-0.4, -0.2) is 58.8 Å². The number of H-pyrrole nitrogens is 1. The van der Waals surface area contributed by atoms with E-state index in [1.807, 2.05) is 0 Å². The number of rotatable bonds is 10. The minimum atomic E-state index is -1.00. The largest absolute Gasteiger partial charge is 0.494 e. The Morgan fingerprint density at radius 3 is 2.11 bits per heavy atom. The number of hydrogen-bond donors (Lipinski definition) is 5. The molecule has 1 aromatic carbocycles. The SMILES string of the molecule is COc1ccc(C(CC(=O)N[C@H](C(=O)c2c(O)[nH]c(O)c2C)C(C)C)NC(=O)OC(C)(C)C)cc1OC. The molecule has 0 fully saturated rings. The zero-order chi connectivity index (χ0) is 28.1. The summed E-state index contributed by atoms with van der Waals surface area (Å²) >= 11 is 0. The van der Waals surface area contributed by atoms with Crippen LogP contribution in [0.1, 0.15) is 68.6 Å². The van der Waals surface area contributed by atoms with Gasteiger partial charge in [0.2, 0.25) is 11.8 Å². The number of hydrogen-bond acceptors (Lipinski definition) is 8. The fraction of sp³-hybridized carbons (Fsp3) is 0.500. The Hall–Kier alpha value is -3.89. The van der Waals surface area contributed by atoms with Gasteiger partial charge in [-0.1, -0.05) is 19.9 Å². The van der Waals surface area contributed by atoms with Gasteiger partial charge in [-0.15, -0.1) is 0 Å². The summed E-state index contributed by atoms with van der Waals surface area (Å²) in [7, 11) is 2.97. The molecule has 11 heteroatoms. The van der Waals surface area contributed by atoms with Crippen molar-refractivity contribution in [1.82, 2.24) is 15.6 Å². The average Bonchev–Trinajstić information content (AvgIpc) is 3.05. The van der Waals surface area contributed by atoms with E-state index in [0.29, 0.717) is 17.1 Å². The number of alkyl carbamates (subject to hydrolysis) is 1. The van der Waals surface area contributed by atoms with Crippen molar-refractivity contribution in [3.8, 4) is 23.3 Å². The van der Waals surface area contributed by atoms with E-state index in [-0.39, 0.29) is 29.3 Å². The number of carbonyl (C=O) groups is 3. The zero-order valence-corrected chi connectivity index (χ0v) is 22.5. The first kappa shape index (κ1) is 29.3. The third kappa shape index (κ3) is 7.55. The summed E-state index contributed by atoms with van der Waals surface area (Å²) in [5, 5.41) is 25.3. The lowest BCUT2D eigenvalue weighted by Gasteiger charge is -2.26. The van der Waals surface area contributed by atoms with E-state index in [1.165, 1.54) is 21.1 Å². The Kier molecular flexibility index (Phi) is 9.43. The zero-order valence-electron chi connectivity index (χ0n) is 22.5. The molecule has 0 aliphatic carbocycles. The van der Waals surface area contributed by atoms with Crippen LogP contribution in [0.4, 0.5) is 4.79 Å². The van der Waals surface area contributed by atoms with Crippen LogP contribution in [0, 0.1) is 12.8 Å². The molecule has 0 aliphatic rings. The lowest BCUT2D eigenvalue weighted by atomic mass is 9.93. The molecule has 0 bridgehead atoms. The van der Waals surface area contributed by atoms with Gasteiger partial charge in [-0.25, -0.2) is 4.79 Å². The maximum Gasteiger partial charge on any atom is 0.408 e. The van der Waals surface area contributed by atoms with Gasteiger partial charge in [0, 0.05) is 5.56 Å².